The maximum atomic E-state index is 12.6. The summed E-state index contributed by atoms with van der Waals surface area (Å²) >= 11 is 1.75. The molecule has 0 bridgehead atoms. The standard InChI is InChI=1S/C20H22N2O3S/c1-25-16-5-2-4-15(11-16)22-12-14(10-18(22)23)19(24)21-13-20(7-8-20)17-6-3-9-26-17/h2-6,9,11,14H,7-8,10,12-13H2,1H3,(H,21,24). The number of nitrogens with zero attached hydrogens (tertiary/aromatic N) is 1. The lowest BCUT2D eigenvalue weighted by atomic mass is 10.0. The van der Waals surface area contributed by atoms with Crippen molar-refractivity contribution in [2.24, 2.45) is 5.92 Å². The summed E-state index contributed by atoms with van der Waals surface area (Å²) in [6.45, 7) is 1.08. The van der Waals surface area contributed by atoms with Crippen LogP contribution in [0, 0.1) is 5.92 Å². The van der Waals surface area contributed by atoms with Gasteiger partial charge in [0.2, 0.25) is 11.8 Å². The zero-order valence-corrected chi connectivity index (χ0v) is 15.6. The van der Waals surface area contributed by atoms with Crippen molar-refractivity contribution in [1.82, 2.24) is 5.32 Å². The molecule has 5 nitrogen and oxygen atoms in total. The number of rotatable bonds is 6. The number of ether oxygens (including phenoxy) is 1. The van der Waals surface area contributed by atoms with E-state index in [2.05, 4.69) is 22.8 Å². The predicted octanol–water partition coefficient (Wildman–Crippen LogP) is 2.96. The molecule has 2 fully saturated rings. The molecule has 1 saturated heterocycles. The van der Waals surface area contributed by atoms with Crippen LogP contribution in [0.5, 0.6) is 5.75 Å². The highest BCUT2D eigenvalue weighted by Crippen LogP contribution is 2.49. The van der Waals surface area contributed by atoms with E-state index in [4.69, 9.17) is 4.74 Å². The van der Waals surface area contributed by atoms with Gasteiger partial charge in [0.25, 0.3) is 0 Å². The Bertz CT molecular complexity index is 814. The Morgan fingerprint density at radius 2 is 2.19 bits per heavy atom. The lowest BCUT2D eigenvalue weighted by molar-refractivity contribution is -0.126. The maximum Gasteiger partial charge on any atom is 0.227 e. The second kappa shape index (κ2) is 6.76. The Labute approximate surface area is 157 Å². The topological polar surface area (TPSA) is 58.6 Å². The van der Waals surface area contributed by atoms with Crippen LogP contribution in [-0.4, -0.2) is 32.0 Å². The second-order valence-electron chi connectivity index (χ2n) is 7.08. The van der Waals surface area contributed by atoms with Crippen LogP contribution in [-0.2, 0) is 15.0 Å². The second-order valence-corrected chi connectivity index (χ2v) is 8.03. The molecule has 1 aromatic carbocycles. The fourth-order valence-electron chi connectivity index (χ4n) is 3.55. The van der Waals surface area contributed by atoms with Gasteiger partial charge in [-0.2, -0.15) is 0 Å². The van der Waals surface area contributed by atoms with E-state index in [1.165, 1.54) is 4.88 Å². The van der Waals surface area contributed by atoms with E-state index in [-0.39, 0.29) is 29.6 Å². The molecule has 4 rings (SSSR count). The van der Waals surface area contributed by atoms with Crippen LogP contribution in [0.25, 0.3) is 0 Å². The zero-order valence-electron chi connectivity index (χ0n) is 14.7. The third-order valence-corrected chi connectivity index (χ3v) is 6.48. The first-order chi connectivity index (χ1) is 12.6. The molecular formula is C20H22N2O3S. The van der Waals surface area contributed by atoms with E-state index < -0.39 is 0 Å². The summed E-state index contributed by atoms with van der Waals surface area (Å²) in [5.74, 6) is 0.368. The van der Waals surface area contributed by atoms with Crippen LogP contribution in [0.3, 0.4) is 0 Å². The van der Waals surface area contributed by atoms with Crippen molar-refractivity contribution in [3.05, 3.63) is 46.7 Å². The van der Waals surface area contributed by atoms with Gasteiger partial charge in [-0.05, 0) is 36.4 Å². The number of carbonyl (C=O) groups is 2. The molecule has 1 saturated carbocycles. The number of hydrogen-bond acceptors (Lipinski definition) is 4. The van der Waals surface area contributed by atoms with Crippen LogP contribution in [0.1, 0.15) is 24.1 Å². The molecule has 2 aliphatic rings. The largest absolute Gasteiger partial charge is 0.497 e. The Morgan fingerprint density at radius 3 is 2.88 bits per heavy atom. The van der Waals surface area contributed by atoms with Gasteiger partial charge in [-0.15, -0.1) is 11.3 Å². The van der Waals surface area contributed by atoms with Crippen LogP contribution >= 0.6 is 11.3 Å². The Morgan fingerprint density at radius 1 is 1.35 bits per heavy atom. The quantitative estimate of drug-likeness (QED) is 0.850. The molecule has 6 heteroatoms. The van der Waals surface area contributed by atoms with Gasteiger partial charge in [0.15, 0.2) is 0 Å². The maximum absolute atomic E-state index is 12.6. The lowest BCUT2D eigenvalue weighted by Gasteiger charge is -2.18. The lowest BCUT2D eigenvalue weighted by Crippen LogP contribution is -2.37. The number of nitrogens with one attached hydrogen (secondary N) is 1. The highest BCUT2D eigenvalue weighted by atomic mass is 32.1. The first-order valence-electron chi connectivity index (χ1n) is 8.87. The molecule has 1 aliphatic heterocycles. The summed E-state index contributed by atoms with van der Waals surface area (Å²) in [5, 5.41) is 5.18. The third-order valence-electron chi connectivity index (χ3n) is 5.36. The fourth-order valence-corrected chi connectivity index (χ4v) is 4.54. The van der Waals surface area contributed by atoms with E-state index >= 15 is 0 Å². The van der Waals surface area contributed by atoms with E-state index in [0.717, 1.165) is 18.5 Å². The Kier molecular flexibility index (Phi) is 4.44. The van der Waals surface area contributed by atoms with Crippen molar-refractivity contribution in [2.45, 2.75) is 24.7 Å². The number of methoxy groups -OCH3 is 1. The predicted molar refractivity (Wildman–Crippen MR) is 102 cm³/mol. The van der Waals surface area contributed by atoms with Crippen LogP contribution < -0.4 is 15.0 Å². The van der Waals surface area contributed by atoms with Gasteiger partial charge in [0.1, 0.15) is 5.75 Å². The molecule has 1 aromatic heterocycles. The minimum atomic E-state index is -0.298. The summed E-state index contributed by atoms with van der Waals surface area (Å²) in [6, 6.07) is 11.6. The van der Waals surface area contributed by atoms with E-state index in [1.54, 1.807) is 23.3 Å². The normalized spacial score (nSPS) is 20.9. The summed E-state index contributed by atoms with van der Waals surface area (Å²) in [5.41, 5.74) is 0.903. The van der Waals surface area contributed by atoms with E-state index in [9.17, 15) is 9.59 Å². The Balaban J connectivity index is 1.38. The van der Waals surface area contributed by atoms with Gasteiger partial charge in [0.05, 0.1) is 13.0 Å². The van der Waals surface area contributed by atoms with Gasteiger partial charge < -0.3 is 15.0 Å². The highest BCUT2D eigenvalue weighted by molar-refractivity contribution is 7.10. The Hall–Kier alpha value is -2.34. The minimum Gasteiger partial charge on any atom is -0.497 e. The number of amides is 2. The summed E-state index contributed by atoms with van der Waals surface area (Å²) < 4.78 is 5.23. The number of thiophene rings is 1. The number of benzene rings is 1. The van der Waals surface area contributed by atoms with Crippen LogP contribution in [0.4, 0.5) is 5.69 Å². The van der Waals surface area contributed by atoms with Gasteiger partial charge >= 0.3 is 0 Å². The first kappa shape index (κ1) is 17.1. The molecule has 1 N–H and O–H groups in total. The number of carbonyl (C=O) groups excluding carboxylic acids is 2. The summed E-state index contributed by atoms with van der Waals surface area (Å²) in [7, 11) is 1.60. The van der Waals surface area contributed by atoms with Crippen molar-refractivity contribution < 1.29 is 14.3 Å². The van der Waals surface area contributed by atoms with Crippen molar-refractivity contribution in [3.63, 3.8) is 0 Å². The molecule has 2 aromatic rings. The highest BCUT2D eigenvalue weighted by Gasteiger charge is 2.46. The summed E-state index contributed by atoms with van der Waals surface area (Å²) in [6.07, 6.45) is 2.50. The molecule has 1 unspecified atom stereocenters. The van der Waals surface area contributed by atoms with Crippen LogP contribution in [0.2, 0.25) is 0 Å². The zero-order chi connectivity index (χ0) is 18.1. The van der Waals surface area contributed by atoms with Gasteiger partial charge in [-0.1, -0.05) is 12.1 Å². The third kappa shape index (κ3) is 3.21. The van der Waals surface area contributed by atoms with Crippen molar-refractivity contribution in [2.75, 3.05) is 25.1 Å². The molecule has 0 spiro atoms. The molecule has 1 aliphatic carbocycles. The van der Waals surface area contributed by atoms with Gasteiger partial charge in [0, 0.05) is 41.6 Å². The molecular weight excluding hydrogens is 348 g/mol. The van der Waals surface area contributed by atoms with Crippen molar-refractivity contribution >= 4 is 28.8 Å². The molecule has 2 amide bonds. The van der Waals surface area contributed by atoms with E-state index in [1.807, 2.05) is 24.3 Å². The van der Waals surface area contributed by atoms with Crippen LogP contribution in [0.15, 0.2) is 41.8 Å². The average molecular weight is 370 g/mol. The van der Waals surface area contributed by atoms with Gasteiger partial charge in [-0.25, -0.2) is 0 Å². The smallest absolute Gasteiger partial charge is 0.227 e. The molecule has 1 atom stereocenters. The molecule has 26 heavy (non-hydrogen) atoms. The summed E-state index contributed by atoms with van der Waals surface area (Å²) in [4.78, 5) is 28.0. The van der Waals surface area contributed by atoms with Gasteiger partial charge in [-0.3, -0.25) is 9.59 Å². The number of hydrogen-bond donors (Lipinski definition) is 1. The monoisotopic (exact) mass is 370 g/mol. The van der Waals surface area contributed by atoms with Crippen molar-refractivity contribution in [1.29, 1.82) is 0 Å². The molecule has 136 valence electrons. The van der Waals surface area contributed by atoms with E-state index in [0.29, 0.717) is 18.8 Å². The molecule has 2 heterocycles. The number of anilines is 1. The molecule has 0 radical (unpaired) electrons. The first-order valence-corrected chi connectivity index (χ1v) is 9.75. The average Bonchev–Trinajstić information content (AvgIpc) is 3.07. The fraction of sp³-hybridized carbons (Fsp3) is 0.400. The van der Waals surface area contributed by atoms with Crippen molar-refractivity contribution in [3.8, 4) is 5.75 Å². The minimum absolute atomic E-state index is 0.0159. The SMILES string of the molecule is COc1cccc(N2CC(C(=O)NCC3(c4cccs4)CC3)CC2=O)c1.